The molecule has 1 aromatic carbocycles. The Bertz CT molecular complexity index is 880. The zero-order valence-corrected chi connectivity index (χ0v) is 17.8. The smallest absolute Gasteiger partial charge is 0.411 e. The molecule has 2 unspecified atom stereocenters. The van der Waals surface area contributed by atoms with Gasteiger partial charge in [0.2, 0.25) is 0 Å². The third-order valence-electron chi connectivity index (χ3n) is 4.50. The predicted octanol–water partition coefficient (Wildman–Crippen LogP) is 3.15. The summed E-state index contributed by atoms with van der Waals surface area (Å²) < 4.78 is 28.7. The van der Waals surface area contributed by atoms with Crippen molar-refractivity contribution in [2.24, 2.45) is 5.92 Å². The molecule has 8 heteroatoms. The molecule has 0 aromatic heterocycles. The fraction of sp³-hybridized carbons (Fsp3) is 0.500. The topological polar surface area (TPSA) is 82.1 Å². The van der Waals surface area contributed by atoms with E-state index < -0.39 is 41.4 Å². The first-order valence-corrected chi connectivity index (χ1v) is 9.52. The summed E-state index contributed by atoms with van der Waals surface area (Å²) in [5, 5.41) is 0. The fourth-order valence-corrected chi connectivity index (χ4v) is 3.07. The van der Waals surface area contributed by atoms with Crippen LogP contribution in [0.25, 0.3) is 0 Å². The van der Waals surface area contributed by atoms with Gasteiger partial charge in [0.1, 0.15) is 11.4 Å². The quantitative estimate of drug-likeness (QED) is 0.416. The molecule has 0 saturated carbocycles. The van der Waals surface area contributed by atoms with Crippen molar-refractivity contribution in [3.63, 3.8) is 0 Å². The number of carbonyl (C=O) groups is 3. The third kappa shape index (κ3) is 5.96. The van der Waals surface area contributed by atoms with Gasteiger partial charge in [0.25, 0.3) is 0 Å². The number of esters is 2. The SMILES string of the molecule is COC(=O)c1ccc(F)cc1C#CC1CCC(C(=O)OC)CN1C(=O)OC(C)(C)C. The number of amides is 1. The number of methoxy groups -OCH3 is 2. The molecule has 162 valence electrons. The summed E-state index contributed by atoms with van der Waals surface area (Å²) >= 11 is 0. The molecule has 0 spiro atoms. The molecule has 2 atom stereocenters. The summed E-state index contributed by atoms with van der Waals surface area (Å²) in [6, 6.07) is 3.00. The van der Waals surface area contributed by atoms with E-state index in [-0.39, 0.29) is 17.7 Å². The Morgan fingerprint density at radius 2 is 1.83 bits per heavy atom. The average molecular weight is 419 g/mol. The number of rotatable bonds is 2. The molecule has 1 saturated heterocycles. The zero-order chi connectivity index (χ0) is 22.5. The fourth-order valence-electron chi connectivity index (χ4n) is 3.07. The minimum Gasteiger partial charge on any atom is -0.469 e. The molecular formula is C22H26FNO6. The first-order chi connectivity index (χ1) is 14.1. The number of hydrogen-bond donors (Lipinski definition) is 0. The summed E-state index contributed by atoms with van der Waals surface area (Å²) in [6.45, 7) is 5.31. The van der Waals surface area contributed by atoms with Gasteiger partial charge in [-0.25, -0.2) is 14.0 Å². The number of benzene rings is 1. The van der Waals surface area contributed by atoms with Gasteiger partial charge in [-0.3, -0.25) is 9.69 Å². The van der Waals surface area contributed by atoms with Crippen LogP contribution in [0.1, 0.15) is 49.5 Å². The van der Waals surface area contributed by atoms with Crippen LogP contribution in [-0.4, -0.2) is 55.3 Å². The van der Waals surface area contributed by atoms with Crippen LogP contribution in [0.2, 0.25) is 0 Å². The third-order valence-corrected chi connectivity index (χ3v) is 4.50. The lowest BCUT2D eigenvalue weighted by Gasteiger charge is -2.37. The molecule has 0 aliphatic carbocycles. The van der Waals surface area contributed by atoms with E-state index in [1.807, 2.05) is 0 Å². The Balaban J connectivity index is 2.35. The van der Waals surface area contributed by atoms with Crippen LogP contribution in [0.5, 0.6) is 0 Å². The molecule has 0 radical (unpaired) electrons. The summed E-state index contributed by atoms with van der Waals surface area (Å²) in [7, 11) is 2.52. The molecule has 1 heterocycles. The first-order valence-electron chi connectivity index (χ1n) is 9.52. The highest BCUT2D eigenvalue weighted by Gasteiger charge is 2.36. The molecule has 7 nitrogen and oxygen atoms in total. The largest absolute Gasteiger partial charge is 0.469 e. The normalized spacial score (nSPS) is 18.7. The summed E-state index contributed by atoms with van der Waals surface area (Å²) in [5.74, 6) is 3.63. The Morgan fingerprint density at radius 3 is 2.43 bits per heavy atom. The van der Waals surface area contributed by atoms with Gasteiger partial charge >= 0.3 is 18.0 Å². The van der Waals surface area contributed by atoms with E-state index in [9.17, 15) is 18.8 Å². The van der Waals surface area contributed by atoms with E-state index in [0.717, 1.165) is 12.1 Å². The molecule has 0 N–H and O–H groups in total. The average Bonchev–Trinajstić information content (AvgIpc) is 2.69. The Hall–Kier alpha value is -3.08. The van der Waals surface area contributed by atoms with Crippen molar-refractivity contribution in [2.45, 2.75) is 45.3 Å². The van der Waals surface area contributed by atoms with Crippen molar-refractivity contribution in [1.82, 2.24) is 4.90 Å². The van der Waals surface area contributed by atoms with Crippen molar-refractivity contribution in [3.8, 4) is 11.8 Å². The van der Waals surface area contributed by atoms with Crippen molar-refractivity contribution in [1.29, 1.82) is 0 Å². The van der Waals surface area contributed by atoms with Crippen molar-refractivity contribution in [3.05, 3.63) is 35.1 Å². The number of ether oxygens (including phenoxy) is 3. The second kappa shape index (κ2) is 9.61. The number of halogens is 1. The van der Waals surface area contributed by atoms with Crippen LogP contribution >= 0.6 is 0 Å². The van der Waals surface area contributed by atoms with E-state index in [1.54, 1.807) is 20.8 Å². The van der Waals surface area contributed by atoms with Crippen molar-refractivity contribution < 1.29 is 33.0 Å². The number of carbonyl (C=O) groups excluding carboxylic acids is 3. The lowest BCUT2D eigenvalue weighted by Crippen LogP contribution is -2.50. The minimum atomic E-state index is -0.728. The molecule has 1 fully saturated rings. The molecule has 1 amide bonds. The highest BCUT2D eigenvalue weighted by atomic mass is 19.1. The maximum Gasteiger partial charge on any atom is 0.411 e. The zero-order valence-electron chi connectivity index (χ0n) is 17.8. The Labute approximate surface area is 175 Å². The van der Waals surface area contributed by atoms with Crippen molar-refractivity contribution >= 4 is 18.0 Å². The summed E-state index contributed by atoms with van der Waals surface area (Å²) in [5.41, 5.74) is -0.451. The van der Waals surface area contributed by atoms with E-state index in [1.165, 1.54) is 25.2 Å². The van der Waals surface area contributed by atoms with Crippen LogP contribution in [0.4, 0.5) is 9.18 Å². The maximum absolute atomic E-state index is 13.7. The van der Waals surface area contributed by atoms with Gasteiger partial charge in [-0.2, -0.15) is 0 Å². The van der Waals surface area contributed by atoms with Crippen LogP contribution in [0.15, 0.2) is 18.2 Å². The Kier molecular flexibility index (Phi) is 7.43. The van der Waals surface area contributed by atoms with Gasteiger partial charge < -0.3 is 14.2 Å². The van der Waals surface area contributed by atoms with Crippen LogP contribution in [0, 0.1) is 23.6 Å². The van der Waals surface area contributed by atoms with Crippen LogP contribution in [-0.2, 0) is 19.0 Å². The molecule has 0 bridgehead atoms. The van der Waals surface area contributed by atoms with Gasteiger partial charge in [0, 0.05) is 12.1 Å². The molecular weight excluding hydrogens is 393 g/mol. The van der Waals surface area contributed by atoms with Gasteiger partial charge in [-0.05, 0) is 51.8 Å². The second-order valence-corrected chi connectivity index (χ2v) is 7.90. The number of nitrogens with zero attached hydrogens (tertiary/aromatic N) is 1. The van der Waals surface area contributed by atoms with Gasteiger partial charge in [-0.15, -0.1) is 0 Å². The molecule has 1 aliphatic heterocycles. The highest BCUT2D eigenvalue weighted by molar-refractivity contribution is 5.92. The van der Waals surface area contributed by atoms with E-state index in [4.69, 9.17) is 14.2 Å². The Morgan fingerprint density at radius 1 is 1.13 bits per heavy atom. The molecule has 30 heavy (non-hydrogen) atoms. The van der Waals surface area contributed by atoms with Gasteiger partial charge in [0.05, 0.1) is 31.7 Å². The van der Waals surface area contributed by atoms with E-state index >= 15 is 0 Å². The number of likely N-dealkylation sites (tertiary alicyclic amines) is 1. The molecule has 2 rings (SSSR count). The lowest BCUT2D eigenvalue weighted by atomic mass is 9.93. The van der Waals surface area contributed by atoms with Gasteiger partial charge in [0.15, 0.2) is 0 Å². The summed E-state index contributed by atoms with van der Waals surface area (Å²) in [6.07, 6.45) is 0.260. The van der Waals surface area contributed by atoms with Crippen LogP contribution < -0.4 is 0 Å². The highest BCUT2D eigenvalue weighted by Crippen LogP contribution is 2.25. The summed E-state index contributed by atoms with van der Waals surface area (Å²) in [4.78, 5) is 38.0. The minimum absolute atomic E-state index is 0.0912. The van der Waals surface area contributed by atoms with E-state index in [0.29, 0.717) is 12.8 Å². The number of hydrogen-bond acceptors (Lipinski definition) is 6. The first kappa shape index (κ1) is 23.2. The molecule has 1 aliphatic rings. The van der Waals surface area contributed by atoms with Crippen molar-refractivity contribution in [2.75, 3.05) is 20.8 Å². The number of piperidine rings is 1. The van der Waals surface area contributed by atoms with Gasteiger partial charge in [-0.1, -0.05) is 11.8 Å². The second-order valence-electron chi connectivity index (χ2n) is 7.90. The predicted molar refractivity (Wildman–Crippen MR) is 106 cm³/mol. The molecule has 1 aromatic rings. The maximum atomic E-state index is 13.7. The van der Waals surface area contributed by atoms with Crippen LogP contribution in [0.3, 0.4) is 0 Å². The lowest BCUT2D eigenvalue weighted by molar-refractivity contribution is -0.147. The van der Waals surface area contributed by atoms with E-state index in [2.05, 4.69) is 11.8 Å². The standard InChI is InChI=1S/C22H26FNO6/c1-22(2,3)30-21(27)24-13-15(19(25)28-4)7-10-17(24)9-6-14-12-16(23)8-11-18(14)20(26)29-5/h8,11-12,15,17H,7,10,13H2,1-5H3. The monoisotopic (exact) mass is 419 g/mol.